The summed E-state index contributed by atoms with van der Waals surface area (Å²) in [6.07, 6.45) is 2.02. The van der Waals surface area contributed by atoms with Crippen LogP contribution >= 0.6 is 0 Å². The van der Waals surface area contributed by atoms with Crippen LogP contribution in [0.4, 0.5) is 5.69 Å². The molecule has 0 aliphatic carbocycles. The number of benzene rings is 2. The lowest BCUT2D eigenvalue weighted by Crippen LogP contribution is -2.35. The van der Waals surface area contributed by atoms with E-state index in [9.17, 15) is 9.59 Å². The maximum absolute atomic E-state index is 13.7. The van der Waals surface area contributed by atoms with E-state index in [4.69, 9.17) is 9.47 Å². The van der Waals surface area contributed by atoms with Crippen LogP contribution in [0.25, 0.3) is 5.57 Å². The predicted molar refractivity (Wildman–Crippen MR) is 116 cm³/mol. The third-order valence-electron chi connectivity index (χ3n) is 5.97. The van der Waals surface area contributed by atoms with E-state index in [0.29, 0.717) is 34.0 Å². The van der Waals surface area contributed by atoms with Crippen molar-refractivity contribution in [1.82, 2.24) is 4.90 Å². The molecule has 2 heterocycles. The number of nitrogens with zero attached hydrogens (tertiary/aromatic N) is 2. The summed E-state index contributed by atoms with van der Waals surface area (Å²) in [5.41, 5.74) is 4.15. The van der Waals surface area contributed by atoms with Crippen molar-refractivity contribution in [2.75, 3.05) is 32.2 Å². The number of carbonyl (C=O) groups excluding carboxylic acids is 2. The third-order valence-corrected chi connectivity index (χ3v) is 5.97. The quantitative estimate of drug-likeness (QED) is 0.709. The van der Waals surface area contributed by atoms with Gasteiger partial charge >= 0.3 is 0 Å². The molecule has 2 aromatic rings. The first-order valence-corrected chi connectivity index (χ1v) is 10.1. The molecule has 2 aromatic carbocycles. The predicted octanol–water partition coefficient (Wildman–Crippen LogP) is 3.70. The van der Waals surface area contributed by atoms with E-state index in [1.807, 2.05) is 43.0 Å². The molecule has 0 spiro atoms. The second-order valence-electron chi connectivity index (χ2n) is 7.65. The molecule has 6 nitrogen and oxygen atoms in total. The van der Waals surface area contributed by atoms with Gasteiger partial charge in [-0.25, -0.2) is 4.90 Å². The first-order chi connectivity index (χ1) is 14.5. The van der Waals surface area contributed by atoms with E-state index in [0.717, 1.165) is 37.1 Å². The highest BCUT2D eigenvalue weighted by molar-refractivity contribution is 6.45. The maximum atomic E-state index is 13.7. The van der Waals surface area contributed by atoms with Gasteiger partial charge in [0.15, 0.2) is 11.5 Å². The minimum atomic E-state index is -0.303. The van der Waals surface area contributed by atoms with Crippen molar-refractivity contribution in [1.29, 1.82) is 0 Å². The molecule has 2 amide bonds. The summed E-state index contributed by atoms with van der Waals surface area (Å²) in [5, 5.41) is 0. The summed E-state index contributed by atoms with van der Waals surface area (Å²) in [6.45, 7) is 5.46. The van der Waals surface area contributed by atoms with Crippen LogP contribution in [-0.2, 0) is 9.59 Å². The lowest BCUT2D eigenvalue weighted by molar-refractivity contribution is -0.120. The van der Waals surface area contributed by atoms with Gasteiger partial charge in [-0.15, -0.1) is 0 Å². The number of imide groups is 1. The Morgan fingerprint density at radius 1 is 0.867 bits per heavy atom. The number of likely N-dealkylation sites (tertiary alicyclic amines) is 1. The molecule has 0 aromatic heterocycles. The minimum absolute atomic E-state index is 0.264. The van der Waals surface area contributed by atoms with Crippen LogP contribution in [0.5, 0.6) is 11.5 Å². The fourth-order valence-electron chi connectivity index (χ4n) is 4.20. The highest BCUT2D eigenvalue weighted by Crippen LogP contribution is 2.39. The van der Waals surface area contributed by atoms with Crippen molar-refractivity contribution in [3.8, 4) is 11.5 Å². The Labute approximate surface area is 176 Å². The number of hydrogen-bond acceptors (Lipinski definition) is 5. The van der Waals surface area contributed by atoms with Crippen molar-refractivity contribution in [3.63, 3.8) is 0 Å². The number of ether oxygens (including phenoxy) is 2. The zero-order chi connectivity index (χ0) is 21.4. The van der Waals surface area contributed by atoms with Crippen LogP contribution in [-0.4, -0.2) is 44.0 Å². The second kappa shape index (κ2) is 7.86. The molecule has 30 heavy (non-hydrogen) atoms. The summed E-state index contributed by atoms with van der Waals surface area (Å²) in [5.74, 6) is 0.532. The second-order valence-corrected chi connectivity index (χ2v) is 7.65. The Kier molecular flexibility index (Phi) is 5.24. The molecule has 6 heteroatoms. The van der Waals surface area contributed by atoms with Crippen molar-refractivity contribution >= 4 is 23.1 Å². The van der Waals surface area contributed by atoms with Crippen LogP contribution in [0.2, 0.25) is 0 Å². The van der Waals surface area contributed by atoms with Gasteiger partial charge < -0.3 is 14.4 Å². The molecule has 4 rings (SSSR count). The monoisotopic (exact) mass is 406 g/mol. The Morgan fingerprint density at radius 2 is 1.57 bits per heavy atom. The van der Waals surface area contributed by atoms with Crippen LogP contribution in [0.15, 0.2) is 42.1 Å². The maximum Gasteiger partial charge on any atom is 0.282 e. The SMILES string of the molecule is COc1ccc(C2=C(N3CCCC3)C(=O)N(c3cccc(C)c3C)C2=O)cc1OC. The van der Waals surface area contributed by atoms with E-state index in [1.165, 1.54) is 4.90 Å². The molecule has 0 radical (unpaired) electrons. The average Bonchev–Trinajstić information content (AvgIpc) is 3.36. The lowest BCUT2D eigenvalue weighted by atomic mass is 10.0. The van der Waals surface area contributed by atoms with Crippen LogP contribution in [0.1, 0.15) is 29.5 Å². The Balaban J connectivity index is 1.88. The fourth-order valence-corrected chi connectivity index (χ4v) is 4.20. The van der Waals surface area contributed by atoms with E-state index in [-0.39, 0.29) is 11.8 Å². The van der Waals surface area contributed by atoms with Crippen molar-refractivity contribution in [2.24, 2.45) is 0 Å². The molecular formula is C24H26N2O4. The van der Waals surface area contributed by atoms with Gasteiger partial charge in [0, 0.05) is 13.1 Å². The number of rotatable bonds is 5. The molecule has 1 fully saturated rings. The van der Waals surface area contributed by atoms with E-state index in [2.05, 4.69) is 0 Å². The summed E-state index contributed by atoms with van der Waals surface area (Å²) in [7, 11) is 3.13. The van der Waals surface area contributed by atoms with E-state index < -0.39 is 0 Å². The molecule has 156 valence electrons. The zero-order valence-electron chi connectivity index (χ0n) is 17.8. The van der Waals surface area contributed by atoms with Crippen LogP contribution < -0.4 is 14.4 Å². The first-order valence-electron chi connectivity index (χ1n) is 10.1. The molecule has 0 N–H and O–H groups in total. The fraction of sp³-hybridized carbons (Fsp3) is 0.333. The summed E-state index contributed by atoms with van der Waals surface area (Å²) >= 11 is 0. The molecule has 2 aliphatic heterocycles. The van der Waals surface area contributed by atoms with Crippen molar-refractivity contribution < 1.29 is 19.1 Å². The van der Waals surface area contributed by atoms with Gasteiger partial charge in [-0.3, -0.25) is 9.59 Å². The number of carbonyl (C=O) groups is 2. The zero-order valence-corrected chi connectivity index (χ0v) is 17.8. The number of methoxy groups -OCH3 is 2. The van der Waals surface area contributed by atoms with Crippen molar-refractivity contribution in [2.45, 2.75) is 26.7 Å². The molecule has 0 unspecified atom stereocenters. The van der Waals surface area contributed by atoms with Gasteiger partial charge in [-0.05, 0) is 61.6 Å². The normalized spacial score (nSPS) is 16.7. The number of hydrogen-bond donors (Lipinski definition) is 0. The molecule has 0 saturated carbocycles. The van der Waals surface area contributed by atoms with Gasteiger partial charge in [0.25, 0.3) is 11.8 Å². The molecule has 0 atom stereocenters. The standard InChI is InChI=1S/C24H26N2O4/c1-15-8-7-9-18(16(15)2)26-23(27)21(22(24(26)28)25-12-5-6-13-25)17-10-11-19(29-3)20(14-17)30-4/h7-11,14H,5-6,12-13H2,1-4H3. The summed E-state index contributed by atoms with van der Waals surface area (Å²) in [6, 6.07) is 11.0. The van der Waals surface area contributed by atoms with Gasteiger partial charge in [-0.2, -0.15) is 0 Å². The minimum Gasteiger partial charge on any atom is -0.493 e. The number of amides is 2. The van der Waals surface area contributed by atoms with Gasteiger partial charge in [0.05, 0.1) is 25.5 Å². The first kappa shape index (κ1) is 20.0. The highest BCUT2D eigenvalue weighted by atomic mass is 16.5. The highest BCUT2D eigenvalue weighted by Gasteiger charge is 2.43. The van der Waals surface area contributed by atoms with Gasteiger partial charge in [0.1, 0.15) is 5.70 Å². The molecule has 0 bridgehead atoms. The van der Waals surface area contributed by atoms with Gasteiger partial charge in [0.2, 0.25) is 0 Å². The third kappa shape index (κ3) is 3.12. The molecule has 1 saturated heterocycles. The van der Waals surface area contributed by atoms with E-state index >= 15 is 0 Å². The Morgan fingerprint density at radius 3 is 2.23 bits per heavy atom. The van der Waals surface area contributed by atoms with Gasteiger partial charge in [-0.1, -0.05) is 18.2 Å². The topological polar surface area (TPSA) is 59.1 Å². The molecular weight excluding hydrogens is 380 g/mol. The lowest BCUT2D eigenvalue weighted by Gasteiger charge is -2.21. The summed E-state index contributed by atoms with van der Waals surface area (Å²) < 4.78 is 10.8. The molecule has 2 aliphatic rings. The Bertz CT molecular complexity index is 1050. The Hall–Kier alpha value is -3.28. The average molecular weight is 406 g/mol. The van der Waals surface area contributed by atoms with Crippen LogP contribution in [0, 0.1) is 13.8 Å². The van der Waals surface area contributed by atoms with Crippen molar-refractivity contribution in [3.05, 3.63) is 58.8 Å². The summed E-state index contributed by atoms with van der Waals surface area (Å²) in [4.78, 5) is 30.6. The number of anilines is 1. The smallest absolute Gasteiger partial charge is 0.282 e. The number of aryl methyl sites for hydroxylation is 1. The largest absolute Gasteiger partial charge is 0.493 e. The van der Waals surface area contributed by atoms with E-state index in [1.54, 1.807) is 26.4 Å². The van der Waals surface area contributed by atoms with Crippen LogP contribution in [0.3, 0.4) is 0 Å².